The SMILES string of the molecule is I.OCCn1cccc1P(c1ccc[nH]1)c1ccc[nH]1. The van der Waals surface area contributed by atoms with Gasteiger partial charge in [-0.15, -0.1) is 24.0 Å². The first kappa shape index (κ1) is 15.4. The van der Waals surface area contributed by atoms with Crippen LogP contribution in [-0.2, 0) is 6.54 Å². The molecule has 0 radical (unpaired) electrons. The highest BCUT2D eigenvalue weighted by molar-refractivity contribution is 14.0. The first-order valence-electron chi connectivity index (χ1n) is 6.23. The zero-order valence-corrected chi connectivity index (χ0v) is 14.1. The van der Waals surface area contributed by atoms with Crippen molar-refractivity contribution in [1.82, 2.24) is 14.5 Å². The van der Waals surface area contributed by atoms with Crippen molar-refractivity contribution < 1.29 is 5.11 Å². The van der Waals surface area contributed by atoms with E-state index in [2.05, 4.69) is 32.7 Å². The minimum Gasteiger partial charge on any atom is -0.395 e. The molecule has 3 aromatic heterocycles. The Morgan fingerprint density at radius 2 is 1.65 bits per heavy atom. The highest BCUT2D eigenvalue weighted by Gasteiger charge is 2.20. The molecular formula is C14H17IN3OP. The molecule has 0 amide bonds. The molecule has 0 spiro atoms. The van der Waals surface area contributed by atoms with Crippen molar-refractivity contribution >= 4 is 48.2 Å². The lowest BCUT2D eigenvalue weighted by molar-refractivity contribution is 0.277. The smallest absolute Gasteiger partial charge is 0.0610 e. The molecule has 0 saturated carbocycles. The van der Waals surface area contributed by atoms with Crippen LogP contribution in [0.25, 0.3) is 0 Å². The number of halogens is 1. The highest BCUT2D eigenvalue weighted by atomic mass is 127. The zero-order chi connectivity index (χ0) is 13.1. The van der Waals surface area contributed by atoms with Crippen LogP contribution in [0.4, 0.5) is 0 Å². The number of nitrogens with zero attached hydrogens (tertiary/aromatic N) is 1. The normalized spacial score (nSPS) is 10.7. The standard InChI is InChI=1S/C14H16N3OP.HI/c18-11-10-17-9-3-6-14(17)19(12-4-1-7-15-12)13-5-2-8-16-13;/h1-9,15-16,18H,10-11H2;1H. The molecule has 3 aromatic rings. The van der Waals surface area contributed by atoms with E-state index in [1.54, 1.807) is 0 Å². The van der Waals surface area contributed by atoms with E-state index in [1.807, 2.05) is 36.8 Å². The van der Waals surface area contributed by atoms with Crippen LogP contribution in [0.2, 0.25) is 0 Å². The number of aliphatic hydroxyl groups is 1. The van der Waals surface area contributed by atoms with E-state index in [9.17, 15) is 5.11 Å². The Balaban J connectivity index is 0.00000147. The number of aromatic nitrogens is 3. The number of aromatic amines is 2. The Hall–Kier alpha value is -1.04. The van der Waals surface area contributed by atoms with Gasteiger partial charge in [0.25, 0.3) is 0 Å². The van der Waals surface area contributed by atoms with Crippen LogP contribution < -0.4 is 16.3 Å². The summed E-state index contributed by atoms with van der Waals surface area (Å²) in [5.74, 6) is 0. The van der Waals surface area contributed by atoms with Crippen LogP contribution in [0.5, 0.6) is 0 Å². The van der Waals surface area contributed by atoms with Gasteiger partial charge in [0, 0.05) is 33.1 Å². The summed E-state index contributed by atoms with van der Waals surface area (Å²) in [5.41, 5.74) is 3.64. The van der Waals surface area contributed by atoms with Crippen LogP contribution in [0, 0.1) is 0 Å². The van der Waals surface area contributed by atoms with Crippen molar-refractivity contribution in [2.24, 2.45) is 0 Å². The minimum absolute atomic E-state index is 0. The van der Waals surface area contributed by atoms with Crippen molar-refractivity contribution in [3.8, 4) is 0 Å². The van der Waals surface area contributed by atoms with E-state index in [1.165, 1.54) is 16.3 Å². The summed E-state index contributed by atoms with van der Waals surface area (Å²) in [7, 11) is -0.626. The molecule has 4 nitrogen and oxygen atoms in total. The van der Waals surface area contributed by atoms with Crippen LogP contribution in [0.1, 0.15) is 0 Å². The first-order chi connectivity index (χ1) is 9.40. The molecule has 0 unspecified atom stereocenters. The number of aliphatic hydroxyl groups excluding tert-OH is 1. The average molecular weight is 401 g/mol. The molecule has 3 heterocycles. The summed E-state index contributed by atoms with van der Waals surface area (Å²) in [6.45, 7) is 0.781. The topological polar surface area (TPSA) is 56.7 Å². The number of H-pyrrole nitrogens is 2. The number of hydrogen-bond acceptors (Lipinski definition) is 1. The van der Waals surface area contributed by atoms with Gasteiger partial charge < -0.3 is 19.6 Å². The van der Waals surface area contributed by atoms with Crippen molar-refractivity contribution in [3.05, 3.63) is 55.0 Å². The fraction of sp³-hybridized carbons (Fsp3) is 0.143. The van der Waals surface area contributed by atoms with E-state index in [4.69, 9.17) is 0 Å². The second kappa shape index (κ2) is 7.11. The molecule has 0 fully saturated rings. The molecule has 0 aromatic carbocycles. The van der Waals surface area contributed by atoms with Gasteiger partial charge in [-0.05, 0) is 36.4 Å². The number of hydrogen-bond donors (Lipinski definition) is 3. The third kappa shape index (κ3) is 3.00. The quantitative estimate of drug-likeness (QED) is 0.441. The second-order valence-electron chi connectivity index (χ2n) is 4.23. The summed E-state index contributed by atoms with van der Waals surface area (Å²) in [4.78, 5) is 6.63. The molecule has 0 aliphatic rings. The van der Waals surface area contributed by atoms with E-state index in [0.717, 1.165) is 0 Å². The fourth-order valence-corrected chi connectivity index (χ4v) is 4.49. The third-order valence-electron chi connectivity index (χ3n) is 3.02. The maximum atomic E-state index is 9.18. The maximum absolute atomic E-state index is 9.18. The van der Waals surface area contributed by atoms with Gasteiger partial charge >= 0.3 is 0 Å². The van der Waals surface area contributed by atoms with Crippen molar-refractivity contribution in [1.29, 1.82) is 0 Å². The van der Waals surface area contributed by atoms with Gasteiger partial charge in [0.2, 0.25) is 0 Å². The Labute approximate surface area is 136 Å². The molecule has 3 N–H and O–H groups in total. The van der Waals surface area contributed by atoms with Gasteiger partial charge in [-0.1, -0.05) is 0 Å². The summed E-state index contributed by atoms with van der Waals surface area (Å²) < 4.78 is 2.12. The highest BCUT2D eigenvalue weighted by Crippen LogP contribution is 2.31. The second-order valence-corrected chi connectivity index (χ2v) is 6.32. The van der Waals surface area contributed by atoms with Gasteiger partial charge in [0.1, 0.15) is 0 Å². The third-order valence-corrected chi connectivity index (χ3v) is 5.40. The van der Waals surface area contributed by atoms with E-state index < -0.39 is 7.92 Å². The van der Waals surface area contributed by atoms with Crippen molar-refractivity contribution in [2.45, 2.75) is 6.54 Å². The molecule has 0 saturated heterocycles. The Kier molecular flexibility index (Phi) is 5.46. The largest absolute Gasteiger partial charge is 0.395 e. The van der Waals surface area contributed by atoms with Gasteiger partial charge in [-0.3, -0.25) is 0 Å². The molecule has 20 heavy (non-hydrogen) atoms. The van der Waals surface area contributed by atoms with Gasteiger partial charge in [-0.25, -0.2) is 0 Å². The fourth-order valence-electron chi connectivity index (χ4n) is 2.20. The lowest BCUT2D eigenvalue weighted by Gasteiger charge is -2.17. The van der Waals surface area contributed by atoms with Crippen LogP contribution in [-0.4, -0.2) is 26.2 Å². The first-order valence-corrected chi connectivity index (χ1v) is 7.57. The molecular weight excluding hydrogens is 384 g/mol. The van der Waals surface area contributed by atoms with Gasteiger partial charge in [-0.2, -0.15) is 0 Å². The summed E-state index contributed by atoms with van der Waals surface area (Å²) in [6.07, 6.45) is 5.92. The summed E-state index contributed by atoms with van der Waals surface area (Å²) in [5, 5.41) is 9.18. The Bertz CT molecular complexity index is 584. The van der Waals surface area contributed by atoms with Crippen LogP contribution in [0.3, 0.4) is 0 Å². The predicted molar refractivity (Wildman–Crippen MR) is 94.3 cm³/mol. The number of rotatable bonds is 5. The van der Waals surface area contributed by atoms with Crippen LogP contribution >= 0.6 is 31.9 Å². The molecule has 106 valence electrons. The molecule has 3 rings (SSSR count). The van der Waals surface area contributed by atoms with E-state index >= 15 is 0 Å². The van der Waals surface area contributed by atoms with Crippen LogP contribution in [0.15, 0.2) is 55.0 Å². The lowest BCUT2D eigenvalue weighted by atomic mass is 10.7. The Morgan fingerprint density at radius 3 is 2.15 bits per heavy atom. The van der Waals surface area contributed by atoms with Crippen molar-refractivity contribution in [2.75, 3.05) is 6.61 Å². The maximum Gasteiger partial charge on any atom is 0.0610 e. The monoisotopic (exact) mass is 401 g/mol. The minimum atomic E-state index is -0.626. The summed E-state index contributed by atoms with van der Waals surface area (Å²) in [6, 6.07) is 12.4. The lowest BCUT2D eigenvalue weighted by Crippen LogP contribution is -2.27. The van der Waals surface area contributed by atoms with E-state index in [-0.39, 0.29) is 30.6 Å². The van der Waals surface area contributed by atoms with Gasteiger partial charge in [0.05, 0.1) is 22.9 Å². The zero-order valence-electron chi connectivity index (χ0n) is 10.9. The molecule has 0 atom stereocenters. The Morgan fingerprint density at radius 1 is 1.00 bits per heavy atom. The van der Waals surface area contributed by atoms with Gasteiger partial charge in [0.15, 0.2) is 0 Å². The predicted octanol–water partition coefficient (Wildman–Crippen LogP) is 1.51. The van der Waals surface area contributed by atoms with E-state index in [0.29, 0.717) is 6.54 Å². The van der Waals surface area contributed by atoms with Crippen molar-refractivity contribution in [3.63, 3.8) is 0 Å². The summed E-state index contributed by atoms with van der Waals surface area (Å²) >= 11 is 0. The molecule has 6 heteroatoms. The number of nitrogens with one attached hydrogen (secondary N) is 2. The molecule has 0 bridgehead atoms. The molecule has 0 aliphatic heterocycles. The average Bonchev–Trinajstić information content (AvgIpc) is 3.14. The molecule has 0 aliphatic carbocycles.